The van der Waals surface area contributed by atoms with Crippen LogP contribution in [0.2, 0.25) is 0 Å². The minimum atomic E-state index is -3.55. The maximum atomic E-state index is 12.9. The van der Waals surface area contributed by atoms with Crippen LogP contribution in [0.25, 0.3) is 0 Å². The molecular formula is C17H25ClN2O5S. The third-order valence-corrected chi connectivity index (χ3v) is 6.55. The lowest BCUT2D eigenvalue weighted by Gasteiger charge is -2.31. The van der Waals surface area contributed by atoms with Gasteiger partial charge in [-0.3, -0.25) is 0 Å². The minimum absolute atomic E-state index is 0. The summed E-state index contributed by atoms with van der Waals surface area (Å²) in [5, 5.41) is 3.15. The van der Waals surface area contributed by atoms with Crippen LogP contribution in [-0.2, 0) is 26.0 Å². The smallest absolute Gasteiger partial charge is 0.347 e. The Kier molecular flexibility index (Phi) is 6.90. The Morgan fingerprint density at radius 1 is 1.42 bits per heavy atom. The quantitative estimate of drug-likeness (QED) is 0.745. The number of ether oxygens (including phenoxy) is 2. The highest BCUT2D eigenvalue weighted by Crippen LogP contribution is 2.32. The zero-order valence-electron chi connectivity index (χ0n) is 14.9. The number of hydrogen-bond donors (Lipinski definition) is 1. The van der Waals surface area contributed by atoms with E-state index in [0.29, 0.717) is 25.3 Å². The zero-order chi connectivity index (χ0) is 18.0. The molecule has 1 aromatic carbocycles. The molecule has 0 aromatic heterocycles. The number of piperidine rings is 1. The maximum absolute atomic E-state index is 12.9. The minimum Gasteiger partial charge on any atom is -0.478 e. The summed E-state index contributed by atoms with van der Waals surface area (Å²) in [4.78, 5) is 12.1. The Hall–Kier alpha value is -1.35. The average molecular weight is 405 g/mol. The number of nitrogens with zero attached hydrogens (tertiary/aromatic N) is 1. The van der Waals surface area contributed by atoms with E-state index < -0.39 is 22.1 Å². The number of sulfonamides is 1. The van der Waals surface area contributed by atoms with Gasteiger partial charge in [0, 0.05) is 25.6 Å². The Labute approximate surface area is 160 Å². The van der Waals surface area contributed by atoms with Crippen molar-refractivity contribution in [2.75, 3.05) is 26.7 Å². The summed E-state index contributed by atoms with van der Waals surface area (Å²) >= 11 is 0. The van der Waals surface area contributed by atoms with Crippen LogP contribution >= 0.6 is 12.4 Å². The summed E-state index contributed by atoms with van der Waals surface area (Å²) in [6, 6.07) is 4.97. The van der Waals surface area contributed by atoms with Gasteiger partial charge in [-0.2, -0.15) is 4.31 Å². The Morgan fingerprint density at radius 3 is 2.88 bits per heavy atom. The van der Waals surface area contributed by atoms with Crippen LogP contribution in [-0.4, -0.2) is 57.6 Å². The van der Waals surface area contributed by atoms with Gasteiger partial charge in [-0.25, -0.2) is 13.2 Å². The van der Waals surface area contributed by atoms with Crippen molar-refractivity contribution in [1.82, 2.24) is 9.62 Å². The molecule has 0 radical (unpaired) electrons. The van der Waals surface area contributed by atoms with E-state index in [1.54, 1.807) is 25.1 Å². The predicted molar refractivity (Wildman–Crippen MR) is 99.3 cm³/mol. The van der Waals surface area contributed by atoms with Gasteiger partial charge in [0.25, 0.3) is 0 Å². The van der Waals surface area contributed by atoms with Gasteiger partial charge >= 0.3 is 5.97 Å². The summed E-state index contributed by atoms with van der Waals surface area (Å²) in [6.07, 6.45) is 1.44. The maximum Gasteiger partial charge on any atom is 0.347 e. The highest BCUT2D eigenvalue weighted by atomic mass is 35.5. The number of rotatable bonds is 5. The summed E-state index contributed by atoms with van der Waals surface area (Å²) in [6.45, 7) is 3.02. The van der Waals surface area contributed by atoms with Crippen molar-refractivity contribution in [3.05, 3.63) is 23.8 Å². The lowest BCUT2D eigenvalue weighted by Crippen LogP contribution is -2.46. The molecule has 1 fully saturated rings. The molecular weight excluding hydrogens is 380 g/mol. The molecule has 2 aliphatic heterocycles. The lowest BCUT2D eigenvalue weighted by atomic mass is 10.1. The molecule has 146 valence electrons. The van der Waals surface area contributed by atoms with Crippen molar-refractivity contribution in [3.8, 4) is 5.75 Å². The number of likely N-dealkylation sites (N-methyl/N-ethyl adjacent to an activating group) is 1. The number of halogens is 1. The van der Waals surface area contributed by atoms with E-state index in [9.17, 15) is 13.2 Å². The van der Waals surface area contributed by atoms with E-state index in [2.05, 4.69) is 5.32 Å². The van der Waals surface area contributed by atoms with Crippen LogP contribution < -0.4 is 10.1 Å². The molecule has 0 aliphatic carbocycles. The SMILES string of the molecule is CCOC(=O)C1Cc2cc(S(=O)(=O)N3CCCC(NC)C3)ccc2O1.Cl. The summed E-state index contributed by atoms with van der Waals surface area (Å²) in [5.74, 6) is 0.125. The summed E-state index contributed by atoms with van der Waals surface area (Å²) < 4.78 is 37.9. The van der Waals surface area contributed by atoms with Crippen molar-refractivity contribution in [1.29, 1.82) is 0 Å². The first kappa shape index (κ1) is 21.0. The van der Waals surface area contributed by atoms with Gasteiger partial charge in [-0.05, 0) is 50.6 Å². The second-order valence-electron chi connectivity index (χ2n) is 6.32. The third kappa shape index (κ3) is 4.14. The Morgan fingerprint density at radius 2 is 2.19 bits per heavy atom. The van der Waals surface area contributed by atoms with E-state index >= 15 is 0 Å². The van der Waals surface area contributed by atoms with E-state index in [4.69, 9.17) is 9.47 Å². The number of fused-ring (bicyclic) bond motifs is 1. The molecule has 26 heavy (non-hydrogen) atoms. The van der Waals surface area contributed by atoms with Crippen LogP contribution in [0.1, 0.15) is 25.3 Å². The van der Waals surface area contributed by atoms with E-state index in [1.165, 1.54) is 4.31 Å². The first-order valence-electron chi connectivity index (χ1n) is 8.59. The van der Waals surface area contributed by atoms with Crippen LogP contribution in [0.4, 0.5) is 0 Å². The van der Waals surface area contributed by atoms with Gasteiger partial charge in [0.1, 0.15) is 5.75 Å². The summed E-state index contributed by atoms with van der Waals surface area (Å²) in [5.41, 5.74) is 0.723. The third-order valence-electron chi connectivity index (χ3n) is 4.69. The molecule has 0 saturated carbocycles. The zero-order valence-corrected chi connectivity index (χ0v) is 16.6. The van der Waals surface area contributed by atoms with Gasteiger partial charge in [0.2, 0.25) is 10.0 Å². The molecule has 0 bridgehead atoms. The molecule has 1 saturated heterocycles. The molecule has 1 aromatic rings. The van der Waals surface area contributed by atoms with Crippen LogP contribution in [0.5, 0.6) is 5.75 Å². The number of hydrogen-bond acceptors (Lipinski definition) is 6. The van der Waals surface area contributed by atoms with Gasteiger partial charge in [-0.15, -0.1) is 12.4 Å². The van der Waals surface area contributed by atoms with Crippen LogP contribution in [0.3, 0.4) is 0 Å². The van der Waals surface area contributed by atoms with Crippen molar-refractivity contribution in [2.45, 2.75) is 43.2 Å². The fourth-order valence-corrected chi connectivity index (χ4v) is 4.87. The molecule has 2 unspecified atom stereocenters. The first-order valence-corrected chi connectivity index (χ1v) is 10.0. The van der Waals surface area contributed by atoms with Crippen LogP contribution in [0.15, 0.2) is 23.1 Å². The summed E-state index contributed by atoms with van der Waals surface area (Å²) in [7, 11) is -1.70. The van der Waals surface area contributed by atoms with Crippen LogP contribution in [0, 0.1) is 0 Å². The predicted octanol–water partition coefficient (Wildman–Crippen LogP) is 1.35. The van der Waals surface area contributed by atoms with Crippen molar-refractivity contribution < 1.29 is 22.7 Å². The molecule has 2 atom stereocenters. The molecule has 0 spiro atoms. The van der Waals surface area contributed by atoms with E-state index in [1.807, 2.05) is 7.05 Å². The molecule has 2 heterocycles. The number of esters is 1. The topological polar surface area (TPSA) is 84.9 Å². The second-order valence-corrected chi connectivity index (χ2v) is 8.26. The molecule has 3 rings (SSSR count). The number of benzene rings is 1. The number of nitrogens with one attached hydrogen (secondary N) is 1. The fraction of sp³-hybridized carbons (Fsp3) is 0.588. The molecule has 0 amide bonds. The van der Waals surface area contributed by atoms with Gasteiger partial charge in [-0.1, -0.05) is 0 Å². The highest BCUT2D eigenvalue weighted by molar-refractivity contribution is 7.89. The van der Waals surface area contributed by atoms with Gasteiger partial charge in [0.05, 0.1) is 11.5 Å². The average Bonchev–Trinajstić information content (AvgIpc) is 3.05. The highest BCUT2D eigenvalue weighted by Gasteiger charge is 2.34. The van der Waals surface area contributed by atoms with Gasteiger partial charge < -0.3 is 14.8 Å². The molecule has 2 aliphatic rings. The Balaban J connectivity index is 0.00000243. The fourth-order valence-electron chi connectivity index (χ4n) is 3.30. The van der Waals surface area contributed by atoms with Crippen molar-refractivity contribution in [2.24, 2.45) is 0 Å². The molecule has 9 heteroatoms. The van der Waals surface area contributed by atoms with Gasteiger partial charge in [0.15, 0.2) is 6.10 Å². The van der Waals surface area contributed by atoms with Crippen molar-refractivity contribution in [3.63, 3.8) is 0 Å². The monoisotopic (exact) mass is 404 g/mol. The lowest BCUT2D eigenvalue weighted by molar-refractivity contribution is -0.150. The van der Waals surface area contributed by atoms with E-state index in [-0.39, 0.29) is 30.0 Å². The normalized spacial score (nSPS) is 22.8. The number of carbonyl (C=O) groups excluding carboxylic acids is 1. The molecule has 7 nitrogen and oxygen atoms in total. The standard InChI is InChI=1S/C17H24N2O5S.ClH/c1-3-23-17(20)16-10-12-9-14(6-7-15(12)24-16)25(21,22)19-8-4-5-13(11-19)18-2;/h6-7,9,13,16,18H,3-5,8,10-11H2,1-2H3;1H. The second kappa shape index (κ2) is 8.56. The molecule has 1 N–H and O–H groups in total. The van der Waals surface area contributed by atoms with E-state index in [0.717, 1.165) is 18.4 Å². The number of carbonyl (C=O) groups is 1. The van der Waals surface area contributed by atoms with Crippen molar-refractivity contribution >= 4 is 28.4 Å². The first-order chi connectivity index (χ1) is 12.0. The largest absolute Gasteiger partial charge is 0.478 e. The Bertz CT molecular complexity index is 756.